The molecule has 0 fully saturated rings. The molecule has 2 nitrogen and oxygen atoms in total. The van der Waals surface area contributed by atoms with Gasteiger partial charge in [-0.25, -0.2) is 4.39 Å². The molecule has 0 aliphatic carbocycles. The van der Waals surface area contributed by atoms with Gasteiger partial charge in [0.2, 0.25) is 0 Å². The largest absolute Gasteiger partial charge is 0.361 e. The van der Waals surface area contributed by atoms with Crippen molar-refractivity contribution in [2.75, 3.05) is 6.54 Å². The number of rotatable bonds is 7. The van der Waals surface area contributed by atoms with Gasteiger partial charge in [0.15, 0.2) is 0 Å². The Hall–Kier alpha value is -1.35. The third-order valence-electron chi connectivity index (χ3n) is 3.79. The Bertz CT molecular complexity index is 545. The number of benzene rings is 1. The lowest BCUT2D eigenvalue weighted by Crippen LogP contribution is -2.28. The van der Waals surface area contributed by atoms with Crippen LogP contribution in [0.15, 0.2) is 24.4 Å². The van der Waals surface area contributed by atoms with Crippen molar-refractivity contribution in [3.05, 3.63) is 35.8 Å². The van der Waals surface area contributed by atoms with E-state index >= 15 is 0 Å². The van der Waals surface area contributed by atoms with Crippen molar-refractivity contribution in [1.29, 1.82) is 0 Å². The van der Waals surface area contributed by atoms with Gasteiger partial charge in [-0.15, -0.1) is 0 Å². The van der Waals surface area contributed by atoms with Crippen molar-refractivity contribution < 1.29 is 4.39 Å². The Labute approximate surface area is 120 Å². The molecular weight excluding hydrogens is 251 g/mol. The Morgan fingerprint density at radius 2 is 2.00 bits per heavy atom. The number of hydrogen-bond acceptors (Lipinski definition) is 1. The molecule has 1 atom stereocenters. The second-order valence-corrected chi connectivity index (χ2v) is 6.08. The monoisotopic (exact) mass is 276 g/mol. The first-order valence-electron chi connectivity index (χ1n) is 7.55. The number of H-pyrrole nitrogens is 1. The van der Waals surface area contributed by atoms with Crippen molar-refractivity contribution in [1.82, 2.24) is 10.3 Å². The minimum absolute atomic E-state index is 0.189. The second kappa shape index (κ2) is 6.89. The number of aromatic amines is 1. The smallest absolute Gasteiger partial charge is 0.125 e. The highest BCUT2D eigenvalue weighted by Gasteiger charge is 2.06. The number of nitrogens with one attached hydrogen (secondary N) is 2. The lowest BCUT2D eigenvalue weighted by atomic mass is 10.0. The molecule has 2 aromatic rings. The predicted molar refractivity (Wildman–Crippen MR) is 83.5 cm³/mol. The van der Waals surface area contributed by atoms with Crippen LogP contribution in [0.5, 0.6) is 0 Å². The molecule has 0 radical (unpaired) electrons. The van der Waals surface area contributed by atoms with Crippen LogP contribution >= 0.6 is 0 Å². The molecule has 3 heteroatoms. The molecule has 2 N–H and O–H groups in total. The van der Waals surface area contributed by atoms with Crippen LogP contribution in [0.2, 0.25) is 0 Å². The normalized spacial score (nSPS) is 13.2. The average Bonchev–Trinajstić information content (AvgIpc) is 2.79. The minimum atomic E-state index is -0.189. The third kappa shape index (κ3) is 4.07. The van der Waals surface area contributed by atoms with Crippen molar-refractivity contribution in [3.63, 3.8) is 0 Å². The molecule has 0 saturated carbocycles. The highest BCUT2D eigenvalue weighted by Crippen LogP contribution is 2.19. The number of fused-ring (bicyclic) bond motifs is 1. The predicted octanol–water partition coefficient (Wildman–Crippen LogP) is 4.26. The van der Waals surface area contributed by atoms with Crippen molar-refractivity contribution in [2.45, 2.75) is 46.1 Å². The molecule has 2 rings (SSSR count). The first-order valence-corrected chi connectivity index (χ1v) is 7.55. The van der Waals surface area contributed by atoms with Gasteiger partial charge in [0.05, 0.1) is 0 Å². The first-order chi connectivity index (χ1) is 9.56. The Kier molecular flexibility index (Phi) is 5.18. The summed E-state index contributed by atoms with van der Waals surface area (Å²) >= 11 is 0. The maximum atomic E-state index is 13.1. The molecule has 1 unspecified atom stereocenters. The van der Waals surface area contributed by atoms with E-state index < -0.39 is 0 Å². The van der Waals surface area contributed by atoms with Crippen LogP contribution < -0.4 is 5.32 Å². The average molecular weight is 276 g/mol. The van der Waals surface area contributed by atoms with Gasteiger partial charge in [0.25, 0.3) is 0 Å². The van der Waals surface area contributed by atoms with E-state index in [2.05, 4.69) is 31.1 Å². The maximum absolute atomic E-state index is 13.1. The van der Waals surface area contributed by atoms with Gasteiger partial charge in [-0.3, -0.25) is 0 Å². The van der Waals surface area contributed by atoms with Gasteiger partial charge in [0.1, 0.15) is 5.82 Å². The molecule has 110 valence electrons. The van der Waals surface area contributed by atoms with Gasteiger partial charge >= 0.3 is 0 Å². The van der Waals surface area contributed by atoms with Gasteiger partial charge in [-0.2, -0.15) is 0 Å². The highest BCUT2D eigenvalue weighted by molar-refractivity contribution is 5.83. The number of halogens is 1. The lowest BCUT2D eigenvalue weighted by Gasteiger charge is -2.14. The molecule has 1 aromatic heterocycles. The van der Waals surface area contributed by atoms with Crippen molar-refractivity contribution in [2.24, 2.45) is 5.92 Å². The summed E-state index contributed by atoms with van der Waals surface area (Å²) < 4.78 is 13.1. The van der Waals surface area contributed by atoms with Crippen LogP contribution in [0.25, 0.3) is 10.9 Å². The van der Waals surface area contributed by atoms with E-state index in [0.717, 1.165) is 29.8 Å². The molecule has 0 amide bonds. The first kappa shape index (κ1) is 15.0. The van der Waals surface area contributed by atoms with Crippen LogP contribution in [0.1, 0.15) is 39.2 Å². The van der Waals surface area contributed by atoms with Gasteiger partial charge < -0.3 is 10.3 Å². The quantitative estimate of drug-likeness (QED) is 0.777. The summed E-state index contributed by atoms with van der Waals surface area (Å²) in [5.74, 6) is 0.578. The molecule has 1 aromatic carbocycles. The summed E-state index contributed by atoms with van der Waals surface area (Å²) in [5, 5.41) is 4.69. The van der Waals surface area contributed by atoms with E-state index in [4.69, 9.17) is 0 Å². The summed E-state index contributed by atoms with van der Waals surface area (Å²) in [7, 11) is 0. The highest BCUT2D eigenvalue weighted by atomic mass is 19.1. The fourth-order valence-corrected chi connectivity index (χ4v) is 2.50. The van der Waals surface area contributed by atoms with Crippen LogP contribution in [-0.2, 0) is 6.42 Å². The summed E-state index contributed by atoms with van der Waals surface area (Å²) in [6.45, 7) is 7.73. The van der Waals surface area contributed by atoms with Gasteiger partial charge in [-0.05, 0) is 62.4 Å². The van der Waals surface area contributed by atoms with E-state index in [1.165, 1.54) is 24.5 Å². The van der Waals surface area contributed by atoms with Crippen molar-refractivity contribution >= 4 is 10.9 Å². The van der Waals surface area contributed by atoms with Gasteiger partial charge in [0, 0.05) is 23.1 Å². The molecule has 0 saturated heterocycles. The van der Waals surface area contributed by atoms with E-state index in [9.17, 15) is 4.39 Å². The summed E-state index contributed by atoms with van der Waals surface area (Å²) in [4.78, 5) is 3.14. The summed E-state index contributed by atoms with van der Waals surface area (Å²) in [6.07, 6.45) is 5.44. The standard InChI is InChI=1S/C17H25FN2/c1-12(2)4-5-13(3)19-9-8-14-11-20-17-10-15(18)6-7-16(14)17/h6-7,10-13,19-20H,4-5,8-9H2,1-3H3. The number of aromatic nitrogens is 1. The minimum Gasteiger partial charge on any atom is -0.361 e. The molecule has 1 heterocycles. The fraction of sp³-hybridized carbons (Fsp3) is 0.529. The van der Waals surface area contributed by atoms with Crippen LogP contribution in [0, 0.1) is 11.7 Å². The third-order valence-corrected chi connectivity index (χ3v) is 3.79. The zero-order chi connectivity index (χ0) is 14.5. The van der Waals surface area contributed by atoms with Crippen molar-refractivity contribution in [3.8, 4) is 0 Å². The molecule has 0 bridgehead atoms. The molecule has 0 aliphatic heterocycles. The molecule has 0 aliphatic rings. The fourth-order valence-electron chi connectivity index (χ4n) is 2.50. The zero-order valence-corrected chi connectivity index (χ0v) is 12.7. The van der Waals surface area contributed by atoms with Crippen LogP contribution in [0.3, 0.4) is 0 Å². The lowest BCUT2D eigenvalue weighted by molar-refractivity contribution is 0.454. The summed E-state index contributed by atoms with van der Waals surface area (Å²) in [5.41, 5.74) is 2.14. The Balaban J connectivity index is 1.84. The Morgan fingerprint density at radius 1 is 1.20 bits per heavy atom. The second-order valence-electron chi connectivity index (χ2n) is 6.08. The zero-order valence-electron chi connectivity index (χ0n) is 12.7. The van der Waals surface area contributed by atoms with E-state index in [-0.39, 0.29) is 5.82 Å². The van der Waals surface area contributed by atoms with E-state index in [1.54, 1.807) is 6.07 Å². The molecular formula is C17H25FN2. The summed E-state index contributed by atoms with van der Waals surface area (Å²) in [6, 6.07) is 5.49. The van der Waals surface area contributed by atoms with E-state index in [0.29, 0.717) is 6.04 Å². The van der Waals surface area contributed by atoms with E-state index in [1.807, 2.05) is 12.3 Å². The number of hydrogen-bond donors (Lipinski definition) is 2. The SMILES string of the molecule is CC(C)CCC(C)NCCc1c[nH]c2cc(F)ccc12. The van der Waals surface area contributed by atoms with Gasteiger partial charge in [-0.1, -0.05) is 13.8 Å². The van der Waals surface area contributed by atoms with Crippen LogP contribution in [0.4, 0.5) is 4.39 Å². The molecule has 0 spiro atoms. The topological polar surface area (TPSA) is 27.8 Å². The van der Waals surface area contributed by atoms with Crippen LogP contribution in [-0.4, -0.2) is 17.6 Å². The Morgan fingerprint density at radius 3 is 2.75 bits per heavy atom. The molecule has 20 heavy (non-hydrogen) atoms. The maximum Gasteiger partial charge on any atom is 0.125 e.